The van der Waals surface area contributed by atoms with Gasteiger partial charge in [-0.25, -0.2) is 4.39 Å². The van der Waals surface area contributed by atoms with E-state index in [0.717, 1.165) is 11.1 Å². The van der Waals surface area contributed by atoms with E-state index in [0.29, 0.717) is 30.2 Å². The van der Waals surface area contributed by atoms with Crippen molar-refractivity contribution in [2.45, 2.75) is 18.6 Å². The average molecular weight is 391 g/mol. The van der Waals surface area contributed by atoms with Gasteiger partial charge < -0.3 is 19.5 Å². The highest BCUT2D eigenvalue weighted by Gasteiger charge is 2.25. The molecule has 0 spiro atoms. The van der Waals surface area contributed by atoms with Crippen molar-refractivity contribution >= 4 is 17.7 Å². The van der Waals surface area contributed by atoms with E-state index in [1.165, 1.54) is 23.9 Å². The number of carbonyl (C=O) groups excluding carboxylic acids is 1. The standard InChI is InChI=1S/C20H22FNO4S/c1-24-8-7-22-18(23)13-27-12-16-10-17(21)9-15-11-25-20(26-19(15)16)14-5-3-2-4-6-14/h2-6,9-10,20H,7-8,11-13H2,1H3,(H,22,23)/t20-/m0/s1. The van der Waals surface area contributed by atoms with Gasteiger partial charge in [0.1, 0.15) is 11.6 Å². The van der Waals surface area contributed by atoms with Crippen LogP contribution in [0.5, 0.6) is 5.75 Å². The van der Waals surface area contributed by atoms with Gasteiger partial charge in [-0.1, -0.05) is 30.3 Å². The number of thioether (sulfide) groups is 1. The maximum atomic E-state index is 14.0. The fourth-order valence-electron chi connectivity index (χ4n) is 2.76. The minimum atomic E-state index is -0.523. The molecule has 7 heteroatoms. The summed E-state index contributed by atoms with van der Waals surface area (Å²) in [6.45, 7) is 1.23. The summed E-state index contributed by atoms with van der Waals surface area (Å²) in [5.74, 6) is 0.990. The van der Waals surface area contributed by atoms with Crippen molar-refractivity contribution in [1.29, 1.82) is 0 Å². The van der Waals surface area contributed by atoms with E-state index in [1.807, 2.05) is 30.3 Å². The summed E-state index contributed by atoms with van der Waals surface area (Å²) in [4.78, 5) is 11.8. The molecule has 0 bridgehead atoms. The summed E-state index contributed by atoms with van der Waals surface area (Å²) < 4.78 is 30.6. The number of halogens is 1. The third-order valence-electron chi connectivity index (χ3n) is 4.01. The number of amides is 1. The maximum absolute atomic E-state index is 14.0. The van der Waals surface area contributed by atoms with Crippen LogP contribution >= 0.6 is 11.8 Å². The first-order valence-corrected chi connectivity index (χ1v) is 9.80. The molecule has 0 aromatic heterocycles. The third kappa shape index (κ3) is 5.45. The van der Waals surface area contributed by atoms with Crippen LogP contribution in [-0.2, 0) is 26.6 Å². The Morgan fingerprint density at radius 2 is 2.15 bits per heavy atom. The van der Waals surface area contributed by atoms with Gasteiger partial charge >= 0.3 is 0 Å². The summed E-state index contributed by atoms with van der Waals surface area (Å²) in [7, 11) is 1.58. The van der Waals surface area contributed by atoms with Crippen LogP contribution in [-0.4, -0.2) is 31.9 Å². The van der Waals surface area contributed by atoms with Crippen LogP contribution in [0.25, 0.3) is 0 Å². The Hall–Kier alpha value is -2.09. The van der Waals surface area contributed by atoms with Crippen LogP contribution in [0.2, 0.25) is 0 Å². The number of ether oxygens (including phenoxy) is 3. The van der Waals surface area contributed by atoms with Gasteiger partial charge in [-0.05, 0) is 12.1 Å². The lowest BCUT2D eigenvalue weighted by atomic mass is 10.1. The summed E-state index contributed by atoms with van der Waals surface area (Å²) in [5, 5.41) is 2.76. The monoisotopic (exact) mass is 391 g/mol. The number of benzene rings is 2. The second-order valence-corrected chi connectivity index (χ2v) is 7.05. The number of methoxy groups -OCH3 is 1. The van der Waals surface area contributed by atoms with Crippen molar-refractivity contribution in [2.24, 2.45) is 0 Å². The van der Waals surface area contributed by atoms with Gasteiger partial charge in [0.05, 0.1) is 19.0 Å². The predicted molar refractivity (Wildman–Crippen MR) is 102 cm³/mol. The topological polar surface area (TPSA) is 56.8 Å². The quantitative estimate of drug-likeness (QED) is 0.699. The van der Waals surface area contributed by atoms with Gasteiger partial charge in [0, 0.05) is 36.1 Å². The molecule has 1 aliphatic heterocycles. The first-order chi connectivity index (χ1) is 13.2. The average Bonchev–Trinajstić information content (AvgIpc) is 2.68. The number of fused-ring (bicyclic) bond motifs is 1. The zero-order valence-electron chi connectivity index (χ0n) is 15.1. The van der Waals surface area contributed by atoms with Crippen LogP contribution in [0.15, 0.2) is 42.5 Å². The molecule has 0 saturated carbocycles. The van der Waals surface area contributed by atoms with E-state index in [1.54, 1.807) is 7.11 Å². The van der Waals surface area contributed by atoms with E-state index in [9.17, 15) is 9.18 Å². The summed E-state index contributed by atoms with van der Waals surface area (Å²) in [6, 6.07) is 12.5. The molecule has 0 aliphatic carbocycles. The van der Waals surface area contributed by atoms with Crippen molar-refractivity contribution in [1.82, 2.24) is 5.32 Å². The molecule has 2 aromatic rings. The second kappa shape index (κ2) is 9.73. The Morgan fingerprint density at radius 3 is 2.93 bits per heavy atom. The Bertz CT molecular complexity index is 772. The third-order valence-corrected chi connectivity index (χ3v) is 4.99. The van der Waals surface area contributed by atoms with E-state index >= 15 is 0 Å². The molecular weight excluding hydrogens is 369 g/mol. The molecule has 5 nitrogen and oxygen atoms in total. The first-order valence-electron chi connectivity index (χ1n) is 8.65. The summed E-state index contributed by atoms with van der Waals surface area (Å²) in [6.07, 6.45) is -0.523. The van der Waals surface area contributed by atoms with E-state index in [2.05, 4.69) is 5.32 Å². The number of nitrogens with one attached hydrogen (secondary N) is 1. The van der Waals surface area contributed by atoms with Crippen LogP contribution < -0.4 is 10.1 Å². The zero-order valence-corrected chi connectivity index (χ0v) is 15.9. The van der Waals surface area contributed by atoms with Gasteiger partial charge in [-0.15, -0.1) is 11.8 Å². The molecule has 144 valence electrons. The van der Waals surface area contributed by atoms with Gasteiger partial charge in [0.15, 0.2) is 0 Å². The smallest absolute Gasteiger partial charge is 0.230 e. The highest BCUT2D eigenvalue weighted by Crippen LogP contribution is 2.37. The van der Waals surface area contributed by atoms with Crippen molar-refractivity contribution in [3.63, 3.8) is 0 Å². The molecule has 1 heterocycles. The van der Waals surface area contributed by atoms with Gasteiger partial charge in [0.25, 0.3) is 0 Å². The summed E-state index contributed by atoms with van der Waals surface area (Å²) in [5.41, 5.74) is 2.31. The lowest BCUT2D eigenvalue weighted by molar-refractivity contribution is -0.118. The Morgan fingerprint density at radius 1 is 1.33 bits per heavy atom. The molecule has 1 N–H and O–H groups in total. The largest absolute Gasteiger partial charge is 0.460 e. The van der Waals surface area contributed by atoms with Crippen LogP contribution in [0.4, 0.5) is 4.39 Å². The maximum Gasteiger partial charge on any atom is 0.230 e. The highest BCUT2D eigenvalue weighted by atomic mass is 32.2. The van der Waals surface area contributed by atoms with Crippen LogP contribution in [0, 0.1) is 5.82 Å². The molecule has 2 aromatic carbocycles. The second-order valence-electron chi connectivity index (χ2n) is 6.06. The molecule has 27 heavy (non-hydrogen) atoms. The Labute approximate surface area is 162 Å². The fraction of sp³-hybridized carbons (Fsp3) is 0.350. The minimum absolute atomic E-state index is 0.0752. The minimum Gasteiger partial charge on any atom is -0.460 e. The molecule has 3 rings (SSSR count). The Kier molecular flexibility index (Phi) is 7.09. The molecule has 0 unspecified atom stereocenters. The first kappa shape index (κ1) is 19.7. The van der Waals surface area contributed by atoms with Crippen molar-refractivity contribution in [3.8, 4) is 5.75 Å². The lowest BCUT2D eigenvalue weighted by Crippen LogP contribution is -2.28. The molecule has 1 aliphatic rings. The molecule has 1 amide bonds. The lowest BCUT2D eigenvalue weighted by Gasteiger charge is -2.28. The summed E-state index contributed by atoms with van der Waals surface area (Å²) >= 11 is 1.41. The van der Waals surface area contributed by atoms with Gasteiger partial charge in [-0.3, -0.25) is 4.79 Å². The molecular formula is C20H22FNO4S. The SMILES string of the molecule is COCCNC(=O)CSCc1cc(F)cc2c1O[C@@H](c1ccccc1)OC2. The number of hydrogen-bond donors (Lipinski definition) is 1. The Balaban J connectivity index is 1.65. The highest BCUT2D eigenvalue weighted by molar-refractivity contribution is 7.99. The van der Waals surface area contributed by atoms with Crippen molar-refractivity contribution < 1.29 is 23.4 Å². The molecule has 0 fully saturated rings. The van der Waals surface area contributed by atoms with E-state index < -0.39 is 6.29 Å². The molecule has 1 atom stereocenters. The van der Waals surface area contributed by atoms with E-state index in [4.69, 9.17) is 14.2 Å². The normalized spacial score (nSPS) is 15.7. The molecule has 0 radical (unpaired) electrons. The predicted octanol–water partition coefficient (Wildman–Crippen LogP) is 3.43. The van der Waals surface area contributed by atoms with Crippen LogP contribution in [0.1, 0.15) is 23.0 Å². The zero-order chi connectivity index (χ0) is 19.1. The number of carbonyl (C=O) groups is 1. The number of hydrogen-bond acceptors (Lipinski definition) is 5. The van der Waals surface area contributed by atoms with Crippen molar-refractivity contribution in [2.75, 3.05) is 26.0 Å². The van der Waals surface area contributed by atoms with Gasteiger partial charge in [-0.2, -0.15) is 0 Å². The van der Waals surface area contributed by atoms with E-state index in [-0.39, 0.29) is 24.1 Å². The number of rotatable bonds is 8. The fourth-order valence-corrected chi connectivity index (χ4v) is 3.58. The van der Waals surface area contributed by atoms with Crippen molar-refractivity contribution in [3.05, 3.63) is 65.0 Å². The van der Waals surface area contributed by atoms with Crippen LogP contribution in [0.3, 0.4) is 0 Å². The van der Waals surface area contributed by atoms with Gasteiger partial charge in [0.2, 0.25) is 12.2 Å². The molecule has 0 saturated heterocycles.